The van der Waals surface area contributed by atoms with Crippen LogP contribution in [0.4, 0.5) is 0 Å². The molecule has 4 heteroatoms. The van der Waals surface area contributed by atoms with Crippen molar-refractivity contribution in [2.75, 3.05) is 13.7 Å². The molecule has 2 aliphatic rings. The number of methoxy groups -OCH3 is 1. The van der Waals surface area contributed by atoms with Crippen molar-refractivity contribution in [2.45, 2.75) is 24.9 Å². The fourth-order valence-electron chi connectivity index (χ4n) is 3.84. The van der Waals surface area contributed by atoms with Gasteiger partial charge in [-0.1, -0.05) is 12.1 Å². The summed E-state index contributed by atoms with van der Waals surface area (Å²) in [5.41, 5.74) is 0.719. The van der Waals surface area contributed by atoms with Crippen molar-refractivity contribution in [2.24, 2.45) is 5.92 Å². The largest absolute Gasteiger partial charge is 0.496 e. The van der Waals surface area contributed by atoms with Crippen molar-refractivity contribution in [3.63, 3.8) is 0 Å². The topological polar surface area (TPSA) is 50.4 Å². The number of benzene rings is 2. The van der Waals surface area contributed by atoms with Crippen molar-refractivity contribution >= 4 is 16.7 Å². The third-order valence-corrected chi connectivity index (χ3v) is 5.00. The Morgan fingerprint density at radius 1 is 1.27 bits per heavy atom. The predicted molar refractivity (Wildman–Crippen MR) is 86.3 cm³/mol. The first-order valence-corrected chi connectivity index (χ1v) is 7.85. The third-order valence-electron chi connectivity index (χ3n) is 5.00. The summed E-state index contributed by atoms with van der Waals surface area (Å²) in [4.78, 5) is 12.5. The maximum atomic E-state index is 12.5. The van der Waals surface area contributed by atoms with Crippen LogP contribution >= 0.6 is 0 Å². The molecule has 1 amide bonds. The average Bonchev–Trinajstić information content (AvgIpc) is 3.16. The Labute approximate surface area is 129 Å². The molecule has 1 saturated heterocycles. The number of nitrogens with one attached hydrogen (secondary N) is 2. The lowest BCUT2D eigenvalue weighted by molar-refractivity contribution is 0.0925. The molecule has 4 rings (SSSR count). The summed E-state index contributed by atoms with van der Waals surface area (Å²) in [5, 5.41) is 8.74. The lowest BCUT2D eigenvalue weighted by Gasteiger charge is -2.23. The zero-order valence-electron chi connectivity index (χ0n) is 12.6. The maximum absolute atomic E-state index is 12.5. The van der Waals surface area contributed by atoms with Gasteiger partial charge in [0.15, 0.2) is 0 Å². The minimum Gasteiger partial charge on any atom is -0.496 e. The highest BCUT2D eigenvalue weighted by Gasteiger charge is 2.40. The second-order valence-electron chi connectivity index (χ2n) is 6.31. The first-order valence-electron chi connectivity index (χ1n) is 7.85. The molecule has 3 atom stereocenters. The van der Waals surface area contributed by atoms with Gasteiger partial charge in [-0.25, -0.2) is 0 Å². The molecule has 1 heterocycles. The summed E-state index contributed by atoms with van der Waals surface area (Å²) in [6.07, 6.45) is 2.25. The van der Waals surface area contributed by atoms with Crippen molar-refractivity contribution in [3.05, 3.63) is 42.0 Å². The van der Waals surface area contributed by atoms with E-state index in [2.05, 4.69) is 10.6 Å². The van der Waals surface area contributed by atoms with Gasteiger partial charge in [-0.3, -0.25) is 4.79 Å². The van der Waals surface area contributed by atoms with Gasteiger partial charge in [-0.15, -0.1) is 0 Å². The van der Waals surface area contributed by atoms with Gasteiger partial charge in [-0.05, 0) is 48.4 Å². The van der Waals surface area contributed by atoms with Crippen molar-refractivity contribution in [1.82, 2.24) is 10.6 Å². The first-order chi connectivity index (χ1) is 10.7. The molecule has 4 nitrogen and oxygen atoms in total. The summed E-state index contributed by atoms with van der Waals surface area (Å²) >= 11 is 0. The van der Waals surface area contributed by atoms with Crippen LogP contribution in [-0.2, 0) is 0 Å². The fourth-order valence-corrected chi connectivity index (χ4v) is 3.84. The second-order valence-corrected chi connectivity index (χ2v) is 6.31. The van der Waals surface area contributed by atoms with Crippen LogP contribution in [0.3, 0.4) is 0 Å². The van der Waals surface area contributed by atoms with E-state index in [4.69, 9.17) is 4.74 Å². The lowest BCUT2D eigenvalue weighted by atomic mass is 10.0. The number of carbonyl (C=O) groups excluding carboxylic acids is 1. The minimum atomic E-state index is 0.0299. The molecular weight excluding hydrogens is 276 g/mol. The quantitative estimate of drug-likeness (QED) is 0.914. The molecule has 2 bridgehead atoms. The van der Waals surface area contributed by atoms with E-state index in [0.717, 1.165) is 35.1 Å². The highest BCUT2D eigenvalue weighted by atomic mass is 16.5. The Kier molecular flexibility index (Phi) is 3.26. The smallest absolute Gasteiger partial charge is 0.251 e. The van der Waals surface area contributed by atoms with E-state index in [1.807, 2.05) is 36.4 Å². The normalized spacial score (nSPS) is 26.3. The molecular formula is C18H20N2O2. The van der Waals surface area contributed by atoms with E-state index in [1.54, 1.807) is 7.11 Å². The second kappa shape index (κ2) is 5.29. The third kappa shape index (κ3) is 2.24. The molecule has 2 aromatic carbocycles. The highest BCUT2D eigenvalue weighted by Crippen LogP contribution is 2.31. The van der Waals surface area contributed by atoms with Crippen LogP contribution in [0.2, 0.25) is 0 Å². The number of hydrogen-bond acceptors (Lipinski definition) is 3. The number of rotatable bonds is 3. The van der Waals surface area contributed by atoms with Crippen LogP contribution in [0.15, 0.2) is 36.4 Å². The van der Waals surface area contributed by atoms with Gasteiger partial charge < -0.3 is 15.4 Å². The van der Waals surface area contributed by atoms with Crippen molar-refractivity contribution in [3.8, 4) is 5.75 Å². The molecule has 2 aromatic rings. The Hall–Kier alpha value is -2.07. The summed E-state index contributed by atoms with van der Waals surface area (Å²) in [5.74, 6) is 1.46. The number of carbonyl (C=O) groups is 1. The van der Waals surface area contributed by atoms with Crippen LogP contribution in [-0.4, -0.2) is 31.6 Å². The molecule has 114 valence electrons. The molecule has 0 spiro atoms. The van der Waals surface area contributed by atoms with Crippen LogP contribution in [0.25, 0.3) is 10.8 Å². The van der Waals surface area contributed by atoms with Gasteiger partial charge >= 0.3 is 0 Å². The van der Waals surface area contributed by atoms with Crippen LogP contribution in [0, 0.1) is 5.92 Å². The van der Waals surface area contributed by atoms with Gasteiger partial charge in [0.1, 0.15) is 5.75 Å². The minimum absolute atomic E-state index is 0.0299. The molecule has 3 unspecified atom stereocenters. The highest BCUT2D eigenvalue weighted by molar-refractivity contribution is 6.00. The molecule has 1 aliphatic heterocycles. The van der Waals surface area contributed by atoms with Gasteiger partial charge in [0.05, 0.1) is 7.11 Å². The summed E-state index contributed by atoms with van der Waals surface area (Å²) in [7, 11) is 1.67. The predicted octanol–water partition coefficient (Wildman–Crippen LogP) is 2.33. The van der Waals surface area contributed by atoms with Crippen LogP contribution < -0.4 is 15.4 Å². The van der Waals surface area contributed by atoms with Crippen LogP contribution in [0.5, 0.6) is 5.75 Å². The molecule has 2 fully saturated rings. The van der Waals surface area contributed by atoms with E-state index in [9.17, 15) is 4.79 Å². The number of piperidine rings is 1. The average molecular weight is 296 g/mol. The standard InChI is InChI=1S/C18H20N2O2/c1-22-17-4-2-3-11-7-12(5-6-15(11)17)18(21)20-16-9-14-8-13(16)10-19-14/h2-7,13-14,16,19H,8-10H2,1H3,(H,20,21). The molecule has 1 aliphatic carbocycles. The molecule has 22 heavy (non-hydrogen) atoms. The van der Waals surface area contributed by atoms with E-state index in [-0.39, 0.29) is 5.91 Å². The number of hydrogen-bond donors (Lipinski definition) is 2. The summed E-state index contributed by atoms with van der Waals surface area (Å²) in [6, 6.07) is 12.6. The Morgan fingerprint density at radius 2 is 2.18 bits per heavy atom. The molecule has 0 radical (unpaired) electrons. The zero-order chi connectivity index (χ0) is 15.1. The van der Waals surface area contributed by atoms with Gasteiger partial charge in [0.2, 0.25) is 0 Å². The monoisotopic (exact) mass is 296 g/mol. The summed E-state index contributed by atoms with van der Waals surface area (Å²) in [6.45, 7) is 1.03. The Bertz CT molecular complexity index is 728. The number of amides is 1. The van der Waals surface area contributed by atoms with E-state index in [1.165, 1.54) is 6.42 Å². The molecule has 2 N–H and O–H groups in total. The van der Waals surface area contributed by atoms with Crippen molar-refractivity contribution in [1.29, 1.82) is 0 Å². The van der Waals surface area contributed by atoms with Crippen LogP contribution in [0.1, 0.15) is 23.2 Å². The Balaban J connectivity index is 1.57. The van der Waals surface area contributed by atoms with Gasteiger partial charge in [-0.2, -0.15) is 0 Å². The zero-order valence-corrected chi connectivity index (χ0v) is 12.6. The van der Waals surface area contributed by atoms with Gasteiger partial charge in [0.25, 0.3) is 5.91 Å². The first kappa shape index (κ1) is 13.6. The lowest BCUT2D eigenvalue weighted by Crippen LogP contribution is -2.44. The van der Waals surface area contributed by atoms with E-state index >= 15 is 0 Å². The number of fused-ring (bicyclic) bond motifs is 3. The molecule has 1 saturated carbocycles. The number of ether oxygens (including phenoxy) is 1. The fraction of sp³-hybridized carbons (Fsp3) is 0.389. The SMILES string of the molecule is COc1cccc2cc(C(=O)NC3CC4CC3CN4)ccc12. The maximum Gasteiger partial charge on any atom is 0.251 e. The molecule has 0 aromatic heterocycles. The van der Waals surface area contributed by atoms with E-state index < -0.39 is 0 Å². The van der Waals surface area contributed by atoms with E-state index in [0.29, 0.717) is 18.0 Å². The van der Waals surface area contributed by atoms with Gasteiger partial charge in [0, 0.05) is 29.6 Å². The Morgan fingerprint density at radius 3 is 2.91 bits per heavy atom. The summed E-state index contributed by atoms with van der Waals surface area (Å²) < 4.78 is 5.36. The van der Waals surface area contributed by atoms with Crippen molar-refractivity contribution < 1.29 is 9.53 Å².